The number of benzene rings is 2. The molecule has 0 radical (unpaired) electrons. The van der Waals surface area contributed by atoms with Gasteiger partial charge in [0.25, 0.3) is 0 Å². The largest absolute Gasteiger partial charge is 0.420 e. The molecular weight excluding hydrogens is 313 g/mol. The van der Waals surface area contributed by atoms with E-state index in [0.29, 0.717) is 35.6 Å². The number of halogens is 1. The standard InChI is InChI=1S/C16H12FN5O2/c17-12-5-3-4-11(10-12)15-18-20-22(19-15)9-8-21-13-6-1-2-7-14(13)24-16(21)23/h1-7,10H,8-9H2. The molecule has 120 valence electrons. The topological polar surface area (TPSA) is 78.7 Å². The molecule has 8 heteroatoms. The molecule has 0 saturated carbocycles. The molecule has 0 aliphatic heterocycles. The summed E-state index contributed by atoms with van der Waals surface area (Å²) in [6, 6.07) is 13.2. The Morgan fingerprint density at radius 1 is 1.08 bits per heavy atom. The molecule has 4 rings (SSSR count). The van der Waals surface area contributed by atoms with Gasteiger partial charge in [-0.2, -0.15) is 4.80 Å². The number of para-hydroxylation sites is 2. The lowest BCUT2D eigenvalue weighted by Gasteiger charge is -2.00. The van der Waals surface area contributed by atoms with E-state index in [1.807, 2.05) is 12.1 Å². The van der Waals surface area contributed by atoms with Crippen molar-refractivity contribution < 1.29 is 8.81 Å². The van der Waals surface area contributed by atoms with E-state index in [-0.39, 0.29) is 5.82 Å². The summed E-state index contributed by atoms with van der Waals surface area (Å²) in [5.74, 6) is -0.458. The maximum atomic E-state index is 13.3. The summed E-state index contributed by atoms with van der Waals surface area (Å²) in [4.78, 5) is 13.3. The van der Waals surface area contributed by atoms with Crippen LogP contribution < -0.4 is 5.76 Å². The molecule has 4 aromatic rings. The maximum absolute atomic E-state index is 13.3. The van der Waals surface area contributed by atoms with E-state index in [2.05, 4.69) is 15.4 Å². The zero-order valence-corrected chi connectivity index (χ0v) is 12.5. The van der Waals surface area contributed by atoms with Crippen molar-refractivity contribution in [3.05, 3.63) is 64.9 Å². The van der Waals surface area contributed by atoms with Crippen LogP contribution in [0, 0.1) is 5.82 Å². The molecule has 2 heterocycles. The number of nitrogens with zero attached hydrogens (tertiary/aromatic N) is 5. The lowest BCUT2D eigenvalue weighted by Crippen LogP contribution is -2.18. The lowest BCUT2D eigenvalue weighted by molar-refractivity contribution is 0.441. The van der Waals surface area contributed by atoms with Gasteiger partial charge < -0.3 is 4.42 Å². The van der Waals surface area contributed by atoms with Crippen molar-refractivity contribution in [1.29, 1.82) is 0 Å². The van der Waals surface area contributed by atoms with E-state index >= 15 is 0 Å². The summed E-state index contributed by atoms with van der Waals surface area (Å²) >= 11 is 0. The van der Waals surface area contributed by atoms with Crippen molar-refractivity contribution in [3.8, 4) is 11.4 Å². The Kier molecular flexibility index (Phi) is 3.42. The molecule has 0 N–H and O–H groups in total. The molecule has 0 saturated heterocycles. The summed E-state index contributed by atoms with van der Waals surface area (Å²) in [6.45, 7) is 0.681. The Balaban J connectivity index is 1.56. The average molecular weight is 325 g/mol. The van der Waals surface area contributed by atoms with Gasteiger partial charge in [0.05, 0.1) is 18.6 Å². The first-order chi connectivity index (χ1) is 11.7. The lowest BCUT2D eigenvalue weighted by atomic mass is 10.2. The van der Waals surface area contributed by atoms with Crippen molar-refractivity contribution in [3.63, 3.8) is 0 Å². The van der Waals surface area contributed by atoms with Gasteiger partial charge in [-0.3, -0.25) is 4.57 Å². The zero-order chi connectivity index (χ0) is 16.5. The third-order valence-corrected chi connectivity index (χ3v) is 3.63. The third-order valence-electron chi connectivity index (χ3n) is 3.63. The number of fused-ring (bicyclic) bond motifs is 1. The Hall–Kier alpha value is -3.29. The fourth-order valence-corrected chi connectivity index (χ4v) is 2.50. The number of aromatic nitrogens is 5. The maximum Gasteiger partial charge on any atom is 0.420 e. The van der Waals surface area contributed by atoms with Crippen LogP contribution in [0.2, 0.25) is 0 Å². The fraction of sp³-hybridized carbons (Fsp3) is 0.125. The molecule has 2 aromatic carbocycles. The summed E-state index contributed by atoms with van der Waals surface area (Å²) in [5.41, 5.74) is 1.80. The predicted molar refractivity (Wildman–Crippen MR) is 83.7 cm³/mol. The summed E-state index contributed by atoms with van der Waals surface area (Å²) in [6.07, 6.45) is 0. The van der Waals surface area contributed by atoms with Gasteiger partial charge in [0.1, 0.15) is 5.82 Å². The van der Waals surface area contributed by atoms with Crippen LogP contribution in [-0.2, 0) is 13.1 Å². The van der Waals surface area contributed by atoms with E-state index in [4.69, 9.17) is 4.42 Å². The van der Waals surface area contributed by atoms with Gasteiger partial charge >= 0.3 is 5.76 Å². The minimum atomic E-state index is -0.429. The highest BCUT2D eigenvalue weighted by molar-refractivity contribution is 5.72. The molecule has 7 nitrogen and oxygen atoms in total. The number of tetrazole rings is 1. The first-order valence-electron chi connectivity index (χ1n) is 7.33. The Bertz CT molecular complexity index is 1070. The Morgan fingerprint density at radius 3 is 2.83 bits per heavy atom. The van der Waals surface area contributed by atoms with Crippen LogP contribution in [-0.4, -0.2) is 24.8 Å². The minimum absolute atomic E-state index is 0.332. The average Bonchev–Trinajstić information content (AvgIpc) is 3.17. The van der Waals surface area contributed by atoms with Crippen molar-refractivity contribution in [2.45, 2.75) is 13.1 Å². The molecule has 0 unspecified atom stereocenters. The zero-order valence-electron chi connectivity index (χ0n) is 12.5. The van der Waals surface area contributed by atoms with Crippen LogP contribution in [0.1, 0.15) is 0 Å². The van der Waals surface area contributed by atoms with Crippen LogP contribution >= 0.6 is 0 Å². The van der Waals surface area contributed by atoms with Crippen molar-refractivity contribution in [2.75, 3.05) is 0 Å². The van der Waals surface area contributed by atoms with Crippen LogP contribution in [0.15, 0.2) is 57.7 Å². The van der Waals surface area contributed by atoms with Gasteiger partial charge in [-0.25, -0.2) is 9.18 Å². The number of rotatable bonds is 4. The van der Waals surface area contributed by atoms with Gasteiger partial charge in [-0.15, -0.1) is 10.2 Å². The molecule has 0 amide bonds. The molecule has 0 bridgehead atoms. The second-order valence-electron chi connectivity index (χ2n) is 5.21. The first-order valence-corrected chi connectivity index (χ1v) is 7.33. The second-order valence-corrected chi connectivity index (χ2v) is 5.21. The number of oxazole rings is 1. The Labute approximate surface area is 134 Å². The SMILES string of the molecule is O=c1oc2ccccc2n1CCn1nnc(-c2cccc(F)c2)n1. The number of hydrogen-bond donors (Lipinski definition) is 0. The highest BCUT2D eigenvalue weighted by Crippen LogP contribution is 2.15. The van der Waals surface area contributed by atoms with E-state index in [0.717, 1.165) is 0 Å². The highest BCUT2D eigenvalue weighted by atomic mass is 19.1. The summed E-state index contributed by atoms with van der Waals surface area (Å²) in [5, 5.41) is 12.1. The van der Waals surface area contributed by atoms with Crippen molar-refractivity contribution >= 4 is 11.1 Å². The van der Waals surface area contributed by atoms with Crippen molar-refractivity contribution in [1.82, 2.24) is 24.8 Å². The predicted octanol–water partition coefficient (Wildman–Crippen LogP) is 2.09. The second kappa shape index (κ2) is 5.73. The van der Waals surface area contributed by atoms with Gasteiger partial charge in [0.2, 0.25) is 5.82 Å². The van der Waals surface area contributed by atoms with Gasteiger partial charge in [-0.1, -0.05) is 24.3 Å². The smallest absolute Gasteiger partial charge is 0.408 e. The normalized spacial score (nSPS) is 11.2. The van der Waals surface area contributed by atoms with Crippen molar-refractivity contribution in [2.24, 2.45) is 0 Å². The number of hydrogen-bond acceptors (Lipinski definition) is 5. The van der Waals surface area contributed by atoms with Crippen LogP contribution in [0.5, 0.6) is 0 Å². The third kappa shape index (κ3) is 2.58. The molecule has 0 aliphatic carbocycles. The summed E-state index contributed by atoms with van der Waals surface area (Å²) < 4.78 is 19.9. The molecule has 24 heavy (non-hydrogen) atoms. The van der Waals surface area contributed by atoms with Crippen LogP contribution in [0.4, 0.5) is 4.39 Å². The first kappa shape index (κ1) is 14.3. The van der Waals surface area contributed by atoms with E-state index < -0.39 is 5.76 Å². The van der Waals surface area contributed by atoms with Gasteiger partial charge in [-0.05, 0) is 29.5 Å². The molecule has 0 spiro atoms. The highest BCUT2D eigenvalue weighted by Gasteiger charge is 2.10. The monoisotopic (exact) mass is 325 g/mol. The van der Waals surface area contributed by atoms with Crippen LogP contribution in [0.3, 0.4) is 0 Å². The van der Waals surface area contributed by atoms with E-state index in [1.165, 1.54) is 21.5 Å². The van der Waals surface area contributed by atoms with Crippen LogP contribution in [0.25, 0.3) is 22.5 Å². The minimum Gasteiger partial charge on any atom is -0.408 e. The summed E-state index contributed by atoms with van der Waals surface area (Å²) in [7, 11) is 0. The fourth-order valence-electron chi connectivity index (χ4n) is 2.50. The van der Waals surface area contributed by atoms with Gasteiger partial charge in [0.15, 0.2) is 5.58 Å². The van der Waals surface area contributed by atoms with E-state index in [1.54, 1.807) is 24.3 Å². The molecule has 0 aliphatic rings. The molecule has 0 atom stereocenters. The quantitative estimate of drug-likeness (QED) is 0.574. The number of aryl methyl sites for hydroxylation is 2. The van der Waals surface area contributed by atoms with E-state index in [9.17, 15) is 9.18 Å². The molecular formula is C16H12FN5O2. The van der Waals surface area contributed by atoms with Gasteiger partial charge in [0, 0.05) is 5.56 Å². The molecule has 0 fully saturated rings. The molecule has 2 aromatic heterocycles. The Morgan fingerprint density at radius 2 is 1.96 bits per heavy atom.